The average molecular weight is 628 g/mol. The number of phenolic OH excluding ortho intramolecular Hbond substituents is 1. The number of anilines is 2. The van der Waals surface area contributed by atoms with Crippen LogP contribution in [0.5, 0.6) is 5.75 Å². The zero-order chi connectivity index (χ0) is 31.9. The van der Waals surface area contributed by atoms with Gasteiger partial charge in [0.25, 0.3) is 11.5 Å². The highest BCUT2D eigenvalue weighted by atomic mass is 35.5. The van der Waals surface area contributed by atoms with Gasteiger partial charge in [0, 0.05) is 25.0 Å². The number of benzene rings is 2. The summed E-state index contributed by atoms with van der Waals surface area (Å²) in [6.07, 6.45) is 3.11. The van der Waals surface area contributed by atoms with Crippen molar-refractivity contribution in [2.45, 2.75) is 44.2 Å². The highest BCUT2D eigenvalue weighted by Gasteiger charge is 2.47. The fraction of sp³-hybridized carbons (Fsp3) is 0.294. The third kappa shape index (κ3) is 4.26. The summed E-state index contributed by atoms with van der Waals surface area (Å²) >= 11 is 6.85. The van der Waals surface area contributed by atoms with Gasteiger partial charge in [0.15, 0.2) is 0 Å². The highest BCUT2D eigenvalue weighted by Crippen LogP contribution is 2.50. The lowest BCUT2D eigenvalue weighted by Crippen LogP contribution is -2.66. The zero-order valence-electron chi connectivity index (χ0n) is 25.1. The van der Waals surface area contributed by atoms with E-state index in [4.69, 9.17) is 16.6 Å². The monoisotopic (exact) mass is 627 g/mol. The molecule has 45 heavy (non-hydrogen) atoms. The van der Waals surface area contributed by atoms with E-state index in [1.54, 1.807) is 18.0 Å². The number of rotatable bonds is 4. The van der Waals surface area contributed by atoms with Gasteiger partial charge in [-0.1, -0.05) is 49.4 Å². The quantitative estimate of drug-likeness (QED) is 0.314. The number of hydrogen-bond donors (Lipinski definition) is 1. The Kier molecular flexibility index (Phi) is 6.56. The summed E-state index contributed by atoms with van der Waals surface area (Å²) < 4.78 is 16.7. The molecule has 2 amide bonds. The molecule has 4 aromatic rings. The summed E-state index contributed by atoms with van der Waals surface area (Å²) in [7, 11) is 1.56. The SMILES string of the molecule is C=CC(=O)N1C[C@@H](C)N2c3c(c(=O)n(-c4ccccc4C4(C)CC4)c4nc(-c5c(O)cccc5F)c(Cl)cc34)N(C)C(=O)[C@H]2C1. The average Bonchev–Trinajstić information content (AvgIpc) is 3.77. The number of amides is 2. The third-order valence-corrected chi connectivity index (χ3v) is 9.75. The van der Waals surface area contributed by atoms with Crippen LogP contribution < -0.4 is 15.4 Å². The second-order valence-electron chi connectivity index (χ2n) is 12.4. The van der Waals surface area contributed by atoms with Crippen LogP contribution in [0.2, 0.25) is 5.02 Å². The summed E-state index contributed by atoms with van der Waals surface area (Å²) in [5, 5.41) is 11.2. The van der Waals surface area contributed by atoms with Crippen LogP contribution in [0.3, 0.4) is 0 Å². The maximum absolute atomic E-state index is 15.2. The van der Waals surface area contributed by atoms with Crippen LogP contribution in [-0.4, -0.2) is 63.6 Å². The Morgan fingerprint density at radius 2 is 1.87 bits per heavy atom. The molecule has 2 aromatic heterocycles. The molecular weight excluding hydrogens is 597 g/mol. The number of likely N-dealkylation sites (N-methyl/N-ethyl adjacent to an activating group) is 1. The minimum absolute atomic E-state index is 0.0192. The van der Waals surface area contributed by atoms with E-state index in [2.05, 4.69) is 13.5 Å². The molecule has 1 saturated carbocycles. The molecule has 3 aliphatic rings. The summed E-state index contributed by atoms with van der Waals surface area (Å²) in [5.74, 6) is -1.67. The molecule has 1 saturated heterocycles. The van der Waals surface area contributed by atoms with Crippen molar-refractivity contribution in [2.75, 3.05) is 29.9 Å². The van der Waals surface area contributed by atoms with E-state index in [0.29, 0.717) is 23.3 Å². The molecule has 2 fully saturated rings. The molecule has 1 aliphatic carbocycles. The topological polar surface area (TPSA) is 99.0 Å². The Balaban J connectivity index is 1.59. The number of carbonyl (C=O) groups is 2. The van der Waals surface area contributed by atoms with Crippen molar-refractivity contribution in [3.63, 3.8) is 0 Å². The largest absolute Gasteiger partial charge is 0.507 e. The van der Waals surface area contributed by atoms with Crippen LogP contribution in [-0.2, 0) is 15.0 Å². The normalized spacial score (nSPS) is 20.2. The second kappa shape index (κ2) is 10.2. The van der Waals surface area contributed by atoms with E-state index in [9.17, 15) is 19.5 Å². The van der Waals surface area contributed by atoms with Crippen LogP contribution in [0, 0.1) is 5.82 Å². The lowest BCUT2D eigenvalue weighted by Gasteiger charge is -2.50. The maximum Gasteiger partial charge on any atom is 0.282 e. The molecule has 9 nitrogen and oxygen atoms in total. The van der Waals surface area contributed by atoms with Gasteiger partial charge in [-0.05, 0) is 61.1 Å². The van der Waals surface area contributed by atoms with Gasteiger partial charge in [-0.25, -0.2) is 9.37 Å². The molecule has 230 valence electrons. The number of nitrogens with zero attached hydrogens (tertiary/aromatic N) is 5. The number of piperazine rings is 1. The maximum atomic E-state index is 15.2. The van der Waals surface area contributed by atoms with Gasteiger partial charge in [-0.15, -0.1) is 0 Å². The number of pyridine rings is 2. The van der Waals surface area contributed by atoms with E-state index in [-0.39, 0.29) is 63.2 Å². The second-order valence-corrected chi connectivity index (χ2v) is 12.8. The lowest BCUT2D eigenvalue weighted by atomic mass is 9.95. The standard InChI is InChI=1S/C34H31ClFN5O4/c1-5-26(43)39-16-18(2)40-24(17-39)32(44)38(4)30-29(40)19-15-21(35)28(27-22(36)10-8-12-25(27)42)37-31(19)41(33(30)45)23-11-7-6-9-20(23)34(3)13-14-34/h5-12,15,18,24,42H,1,13-14,16-17H2,2-4H3/t18-,24-/m1/s1. The van der Waals surface area contributed by atoms with E-state index in [1.165, 1.54) is 33.7 Å². The first-order valence-electron chi connectivity index (χ1n) is 14.8. The Labute approximate surface area is 263 Å². The Morgan fingerprint density at radius 1 is 1.13 bits per heavy atom. The van der Waals surface area contributed by atoms with Crippen molar-refractivity contribution < 1.29 is 19.1 Å². The number of fused-ring (bicyclic) bond motifs is 5. The molecule has 4 heterocycles. The van der Waals surface area contributed by atoms with Crippen molar-refractivity contribution in [1.29, 1.82) is 0 Å². The summed E-state index contributed by atoms with van der Waals surface area (Å²) in [6.45, 7) is 8.02. The van der Waals surface area contributed by atoms with E-state index >= 15 is 4.39 Å². The predicted molar refractivity (Wildman–Crippen MR) is 172 cm³/mol. The van der Waals surface area contributed by atoms with Gasteiger partial charge >= 0.3 is 0 Å². The van der Waals surface area contributed by atoms with Crippen LogP contribution in [0.4, 0.5) is 15.8 Å². The molecule has 0 bridgehead atoms. The number of aromatic nitrogens is 2. The minimum Gasteiger partial charge on any atom is -0.507 e. The molecule has 2 aromatic carbocycles. The van der Waals surface area contributed by atoms with Gasteiger partial charge in [-0.3, -0.25) is 19.0 Å². The third-order valence-electron chi connectivity index (χ3n) is 9.46. The van der Waals surface area contributed by atoms with Gasteiger partial charge in [0.1, 0.15) is 28.9 Å². The summed E-state index contributed by atoms with van der Waals surface area (Å²) in [6, 6.07) is 12.0. The molecule has 0 spiro atoms. The Morgan fingerprint density at radius 3 is 2.56 bits per heavy atom. The van der Waals surface area contributed by atoms with Gasteiger partial charge in [0.2, 0.25) is 5.91 Å². The van der Waals surface area contributed by atoms with Crippen molar-refractivity contribution in [2.24, 2.45) is 0 Å². The van der Waals surface area contributed by atoms with Crippen LogP contribution in [0.25, 0.3) is 28.0 Å². The van der Waals surface area contributed by atoms with Gasteiger partial charge in [0.05, 0.1) is 34.2 Å². The molecule has 2 aliphatic heterocycles. The van der Waals surface area contributed by atoms with Crippen LogP contribution in [0.15, 0.2) is 66.0 Å². The van der Waals surface area contributed by atoms with Crippen molar-refractivity contribution >= 4 is 45.8 Å². The van der Waals surface area contributed by atoms with Crippen LogP contribution in [0.1, 0.15) is 32.3 Å². The lowest BCUT2D eigenvalue weighted by molar-refractivity contribution is -0.129. The highest BCUT2D eigenvalue weighted by molar-refractivity contribution is 6.34. The number of halogens is 2. The minimum atomic E-state index is -0.777. The smallest absolute Gasteiger partial charge is 0.282 e. The van der Waals surface area contributed by atoms with Gasteiger partial charge < -0.3 is 19.8 Å². The molecule has 2 atom stereocenters. The summed E-state index contributed by atoms with van der Waals surface area (Å²) in [4.78, 5) is 51.0. The molecule has 1 N–H and O–H groups in total. The van der Waals surface area contributed by atoms with E-state index < -0.39 is 17.4 Å². The number of phenols is 1. The fourth-order valence-electron chi connectivity index (χ4n) is 6.90. The van der Waals surface area contributed by atoms with Crippen molar-refractivity contribution in [1.82, 2.24) is 14.5 Å². The number of carbonyl (C=O) groups excluding carboxylic acids is 2. The number of hydrogen-bond acceptors (Lipinski definition) is 6. The van der Waals surface area contributed by atoms with Crippen molar-refractivity contribution in [3.8, 4) is 22.7 Å². The Bertz CT molecular complexity index is 2000. The first-order chi connectivity index (χ1) is 21.5. The molecule has 0 unspecified atom stereocenters. The fourth-order valence-corrected chi connectivity index (χ4v) is 7.15. The first-order valence-corrected chi connectivity index (χ1v) is 15.2. The van der Waals surface area contributed by atoms with E-state index in [0.717, 1.165) is 18.4 Å². The van der Waals surface area contributed by atoms with E-state index in [1.807, 2.05) is 36.1 Å². The first kappa shape index (κ1) is 29.0. The predicted octanol–water partition coefficient (Wildman–Crippen LogP) is 5.17. The van der Waals surface area contributed by atoms with Crippen molar-refractivity contribution in [3.05, 3.63) is 87.9 Å². The number of aromatic hydroxyl groups is 1. The van der Waals surface area contributed by atoms with Gasteiger partial charge in [-0.2, -0.15) is 0 Å². The Hall–Kier alpha value is -4.70. The van der Waals surface area contributed by atoms with Crippen LogP contribution >= 0.6 is 11.6 Å². The zero-order valence-corrected chi connectivity index (χ0v) is 25.8. The molecule has 0 radical (unpaired) electrons. The number of para-hydroxylation sites is 1. The molecular formula is C34H31ClFN5O4. The molecule has 7 rings (SSSR count). The molecule has 11 heteroatoms. The summed E-state index contributed by atoms with van der Waals surface area (Å²) in [5.41, 5.74) is 1.56.